The van der Waals surface area contributed by atoms with E-state index >= 15 is 0 Å². The molecular formula is C16H16ClNO3. The van der Waals surface area contributed by atoms with Gasteiger partial charge in [-0.05, 0) is 25.0 Å². The van der Waals surface area contributed by atoms with Crippen LogP contribution in [0.1, 0.15) is 42.5 Å². The van der Waals surface area contributed by atoms with E-state index in [0.717, 1.165) is 25.7 Å². The van der Waals surface area contributed by atoms with Crippen LogP contribution in [0.25, 0.3) is 0 Å². The van der Waals surface area contributed by atoms with E-state index in [0.29, 0.717) is 5.69 Å². The van der Waals surface area contributed by atoms with Crippen LogP contribution in [0.5, 0.6) is 0 Å². The van der Waals surface area contributed by atoms with Crippen LogP contribution in [-0.2, 0) is 9.59 Å². The molecule has 0 saturated heterocycles. The molecule has 1 aromatic carbocycles. The predicted octanol–water partition coefficient (Wildman–Crippen LogP) is 3.02. The van der Waals surface area contributed by atoms with Crippen molar-refractivity contribution in [3.05, 3.63) is 28.8 Å². The number of hydrogen-bond donors (Lipinski definition) is 0. The SMILES string of the molecule is O=C1C(=O)N(CC(=O)C2CCCCC2)c2cccc(Cl)c21. The highest BCUT2D eigenvalue weighted by Gasteiger charge is 2.39. The van der Waals surface area contributed by atoms with Gasteiger partial charge in [0.1, 0.15) is 0 Å². The summed E-state index contributed by atoms with van der Waals surface area (Å²) in [4.78, 5) is 37.7. The third-order valence-corrected chi connectivity index (χ3v) is 4.64. The molecule has 5 heteroatoms. The number of carbonyl (C=O) groups is 3. The lowest BCUT2D eigenvalue weighted by Crippen LogP contribution is -2.37. The van der Waals surface area contributed by atoms with E-state index < -0.39 is 11.7 Å². The second-order valence-electron chi connectivity index (χ2n) is 5.66. The first-order valence-electron chi connectivity index (χ1n) is 7.27. The topological polar surface area (TPSA) is 54.5 Å². The molecular weight excluding hydrogens is 290 g/mol. The molecule has 2 aliphatic rings. The third-order valence-electron chi connectivity index (χ3n) is 4.32. The van der Waals surface area contributed by atoms with Gasteiger partial charge in [-0.15, -0.1) is 0 Å². The van der Waals surface area contributed by atoms with Crippen molar-refractivity contribution in [3.8, 4) is 0 Å². The maximum absolute atomic E-state index is 12.4. The lowest BCUT2D eigenvalue weighted by Gasteiger charge is -2.23. The van der Waals surface area contributed by atoms with Crippen LogP contribution >= 0.6 is 11.6 Å². The highest BCUT2D eigenvalue weighted by Crippen LogP contribution is 2.34. The Hall–Kier alpha value is -1.68. The Morgan fingerprint density at radius 1 is 1.19 bits per heavy atom. The van der Waals surface area contributed by atoms with Crippen molar-refractivity contribution in [2.75, 3.05) is 11.4 Å². The number of hydrogen-bond acceptors (Lipinski definition) is 3. The number of halogens is 1. The summed E-state index contributed by atoms with van der Waals surface area (Å²) in [6.45, 7) is -0.0252. The minimum atomic E-state index is -0.651. The Bertz CT molecular complexity index is 620. The summed E-state index contributed by atoms with van der Waals surface area (Å²) in [5.74, 6) is -1.21. The number of Topliss-reactive ketones (excluding diaryl/α,β-unsaturated/α-hetero) is 2. The number of fused-ring (bicyclic) bond motifs is 1. The summed E-state index contributed by atoms with van der Waals surface area (Å²) in [7, 11) is 0. The van der Waals surface area contributed by atoms with Crippen LogP contribution in [0.15, 0.2) is 18.2 Å². The van der Waals surface area contributed by atoms with Crippen molar-refractivity contribution in [3.63, 3.8) is 0 Å². The van der Waals surface area contributed by atoms with Crippen LogP contribution < -0.4 is 4.90 Å². The molecule has 0 N–H and O–H groups in total. The van der Waals surface area contributed by atoms with Crippen LogP contribution in [0.3, 0.4) is 0 Å². The molecule has 0 aromatic heterocycles. The number of rotatable bonds is 3. The Balaban J connectivity index is 1.83. The molecule has 1 heterocycles. The van der Waals surface area contributed by atoms with E-state index in [1.165, 1.54) is 11.3 Å². The summed E-state index contributed by atoms with van der Waals surface area (Å²) >= 11 is 6.00. The minimum Gasteiger partial charge on any atom is -0.297 e. The summed E-state index contributed by atoms with van der Waals surface area (Å²) < 4.78 is 0. The van der Waals surface area contributed by atoms with Crippen molar-refractivity contribution in [1.29, 1.82) is 0 Å². The largest absolute Gasteiger partial charge is 0.299 e. The van der Waals surface area contributed by atoms with Gasteiger partial charge in [-0.2, -0.15) is 0 Å². The van der Waals surface area contributed by atoms with E-state index in [-0.39, 0.29) is 28.8 Å². The van der Waals surface area contributed by atoms with Gasteiger partial charge in [0, 0.05) is 5.92 Å². The average Bonchev–Trinajstić information content (AvgIpc) is 2.74. The molecule has 21 heavy (non-hydrogen) atoms. The van der Waals surface area contributed by atoms with Gasteiger partial charge in [0.25, 0.3) is 11.7 Å². The van der Waals surface area contributed by atoms with Crippen molar-refractivity contribution >= 4 is 34.8 Å². The van der Waals surface area contributed by atoms with Crippen molar-refractivity contribution in [1.82, 2.24) is 0 Å². The number of anilines is 1. The number of amides is 1. The fraction of sp³-hybridized carbons (Fsp3) is 0.438. The van der Waals surface area contributed by atoms with Gasteiger partial charge in [0.15, 0.2) is 5.78 Å². The highest BCUT2D eigenvalue weighted by molar-refractivity contribution is 6.55. The fourth-order valence-corrected chi connectivity index (χ4v) is 3.42. The molecule has 1 fully saturated rings. The summed E-state index contributed by atoms with van der Waals surface area (Å²) in [5, 5.41) is 0.262. The van der Waals surface area contributed by atoms with E-state index in [2.05, 4.69) is 0 Å². The van der Waals surface area contributed by atoms with Gasteiger partial charge in [0.2, 0.25) is 0 Å². The molecule has 0 atom stereocenters. The number of benzene rings is 1. The van der Waals surface area contributed by atoms with Crippen molar-refractivity contribution in [2.24, 2.45) is 5.92 Å². The molecule has 4 nitrogen and oxygen atoms in total. The van der Waals surface area contributed by atoms with Gasteiger partial charge in [0.05, 0.1) is 22.8 Å². The van der Waals surface area contributed by atoms with Crippen molar-refractivity contribution in [2.45, 2.75) is 32.1 Å². The molecule has 1 saturated carbocycles. The van der Waals surface area contributed by atoms with Crippen molar-refractivity contribution < 1.29 is 14.4 Å². The Kier molecular flexibility index (Phi) is 3.81. The van der Waals surface area contributed by atoms with Gasteiger partial charge >= 0.3 is 0 Å². The molecule has 0 bridgehead atoms. The smallest absolute Gasteiger partial charge is 0.297 e. The van der Waals surface area contributed by atoms with Crippen LogP contribution in [0.4, 0.5) is 5.69 Å². The molecule has 0 radical (unpaired) electrons. The maximum atomic E-state index is 12.4. The lowest BCUT2D eigenvalue weighted by molar-refractivity contribution is -0.124. The normalized spacial score (nSPS) is 19.0. The lowest BCUT2D eigenvalue weighted by atomic mass is 9.86. The van der Waals surface area contributed by atoms with Gasteiger partial charge < -0.3 is 0 Å². The first kappa shape index (κ1) is 14.3. The molecule has 1 aromatic rings. The Morgan fingerprint density at radius 2 is 1.90 bits per heavy atom. The minimum absolute atomic E-state index is 0.0184. The number of carbonyl (C=O) groups excluding carboxylic acids is 3. The van der Waals surface area contributed by atoms with E-state index in [4.69, 9.17) is 11.6 Å². The van der Waals surface area contributed by atoms with E-state index in [9.17, 15) is 14.4 Å². The fourth-order valence-electron chi connectivity index (χ4n) is 3.17. The summed E-state index contributed by atoms with van der Waals surface area (Å²) in [5.41, 5.74) is 0.683. The molecule has 0 spiro atoms. The average molecular weight is 306 g/mol. The van der Waals surface area contributed by atoms with Crippen LogP contribution in [0, 0.1) is 5.92 Å². The zero-order chi connectivity index (χ0) is 15.0. The van der Waals surface area contributed by atoms with E-state index in [1.54, 1.807) is 18.2 Å². The highest BCUT2D eigenvalue weighted by atomic mass is 35.5. The molecule has 1 aliphatic carbocycles. The van der Waals surface area contributed by atoms with Crippen LogP contribution in [0.2, 0.25) is 5.02 Å². The summed E-state index contributed by atoms with van der Waals surface area (Å²) in [6, 6.07) is 4.93. The third kappa shape index (κ3) is 2.48. The first-order chi connectivity index (χ1) is 10.1. The molecule has 3 rings (SSSR count). The second kappa shape index (κ2) is 5.60. The molecule has 0 unspecified atom stereocenters. The first-order valence-corrected chi connectivity index (χ1v) is 7.65. The summed E-state index contributed by atoms with van der Waals surface area (Å²) in [6.07, 6.45) is 5.06. The van der Waals surface area contributed by atoms with Gasteiger partial charge in [-0.1, -0.05) is 36.9 Å². The van der Waals surface area contributed by atoms with E-state index in [1.807, 2.05) is 0 Å². The van der Waals surface area contributed by atoms with Gasteiger partial charge in [-0.3, -0.25) is 19.3 Å². The zero-order valence-corrected chi connectivity index (χ0v) is 12.4. The molecule has 1 amide bonds. The standard InChI is InChI=1S/C16H16ClNO3/c17-11-7-4-8-12-14(11)15(20)16(21)18(12)9-13(19)10-5-2-1-3-6-10/h4,7-8,10H,1-3,5-6,9H2. The molecule has 1 aliphatic heterocycles. The van der Waals surface area contributed by atoms with Gasteiger partial charge in [-0.25, -0.2) is 0 Å². The second-order valence-corrected chi connectivity index (χ2v) is 6.06. The maximum Gasteiger partial charge on any atom is 0.299 e. The zero-order valence-electron chi connectivity index (χ0n) is 11.6. The molecule has 110 valence electrons. The predicted molar refractivity (Wildman–Crippen MR) is 79.7 cm³/mol. The number of ketones is 2. The Labute approximate surface area is 128 Å². The number of nitrogens with zero attached hydrogens (tertiary/aromatic N) is 1. The quantitative estimate of drug-likeness (QED) is 0.807. The monoisotopic (exact) mass is 305 g/mol. The van der Waals surface area contributed by atoms with Crippen LogP contribution in [-0.4, -0.2) is 24.0 Å². The Morgan fingerprint density at radius 3 is 2.62 bits per heavy atom.